The minimum Gasteiger partial charge on any atom is -0.462 e. The van der Waals surface area contributed by atoms with Crippen LogP contribution in [0.5, 0.6) is 0 Å². The quantitative estimate of drug-likeness (QED) is 0.524. The van der Waals surface area contributed by atoms with E-state index in [1.54, 1.807) is 23.6 Å². The second kappa shape index (κ2) is 9.82. The SMILES string of the molecule is CCCc1nc(C)nc(C(=O)N2CCN(C(=O)CCl)C(C)C2)c1C(=O)OCC. The zero-order valence-corrected chi connectivity index (χ0v) is 17.6. The van der Waals surface area contributed by atoms with Crippen LogP contribution in [0, 0.1) is 6.92 Å². The van der Waals surface area contributed by atoms with Crippen LogP contribution in [-0.4, -0.2) is 75.7 Å². The lowest BCUT2D eigenvalue weighted by Crippen LogP contribution is -2.56. The fraction of sp³-hybridized carbons (Fsp3) is 0.632. The van der Waals surface area contributed by atoms with Crippen molar-refractivity contribution in [1.29, 1.82) is 0 Å². The number of piperazine rings is 1. The molecular formula is C19H27ClN4O4. The van der Waals surface area contributed by atoms with Gasteiger partial charge in [-0.15, -0.1) is 11.6 Å². The molecule has 0 spiro atoms. The molecule has 1 aromatic heterocycles. The third kappa shape index (κ3) is 4.79. The van der Waals surface area contributed by atoms with Crippen LogP contribution in [0.4, 0.5) is 0 Å². The van der Waals surface area contributed by atoms with Crippen LogP contribution in [0.15, 0.2) is 0 Å². The van der Waals surface area contributed by atoms with Crippen molar-refractivity contribution in [3.63, 3.8) is 0 Å². The lowest BCUT2D eigenvalue weighted by Gasteiger charge is -2.39. The Bertz CT molecular complexity index is 756. The predicted octanol–water partition coefficient (Wildman–Crippen LogP) is 1.83. The van der Waals surface area contributed by atoms with E-state index < -0.39 is 5.97 Å². The van der Waals surface area contributed by atoms with Crippen molar-refractivity contribution in [2.45, 2.75) is 46.6 Å². The summed E-state index contributed by atoms with van der Waals surface area (Å²) in [7, 11) is 0. The molecule has 1 aromatic rings. The number of alkyl halides is 1. The van der Waals surface area contributed by atoms with Crippen molar-refractivity contribution in [1.82, 2.24) is 19.8 Å². The molecule has 1 atom stereocenters. The highest BCUT2D eigenvalue weighted by atomic mass is 35.5. The van der Waals surface area contributed by atoms with Crippen LogP contribution in [0.2, 0.25) is 0 Å². The van der Waals surface area contributed by atoms with Crippen LogP contribution < -0.4 is 0 Å². The fourth-order valence-electron chi connectivity index (χ4n) is 3.36. The molecule has 2 heterocycles. The highest BCUT2D eigenvalue weighted by molar-refractivity contribution is 6.27. The predicted molar refractivity (Wildman–Crippen MR) is 105 cm³/mol. The average molecular weight is 411 g/mol. The third-order valence-electron chi connectivity index (χ3n) is 4.61. The number of amides is 2. The molecule has 0 saturated carbocycles. The zero-order valence-electron chi connectivity index (χ0n) is 16.8. The smallest absolute Gasteiger partial charge is 0.342 e. The normalized spacial score (nSPS) is 16.8. The van der Waals surface area contributed by atoms with Crippen molar-refractivity contribution < 1.29 is 19.1 Å². The Hall–Kier alpha value is -2.22. The summed E-state index contributed by atoms with van der Waals surface area (Å²) in [5.74, 6) is -0.744. The topological polar surface area (TPSA) is 92.7 Å². The highest BCUT2D eigenvalue weighted by Crippen LogP contribution is 2.20. The molecule has 2 amide bonds. The summed E-state index contributed by atoms with van der Waals surface area (Å²) in [6.45, 7) is 8.52. The van der Waals surface area contributed by atoms with E-state index in [1.807, 2.05) is 13.8 Å². The molecule has 1 aliphatic rings. The van der Waals surface area contributed by atoms with E-state index in [4.69, 9.17) is 16.3 Å². The standard InChI is InChI=1S/C19H27ClN4O4/c1-5-7-14-16(19(27)28-6-2)17(22-13(4)21-14)18(26)23-8-9-24(12(3)11-23)15(25)10-20/h12H,5-11H2,1-4H3. The van der Waals surface area contributed by atoms with Gasteiger partial charge in [-0.05, 0) is 27.2 Å². The second-order valence-electron chi connectivity index (χ2n) is 6.73. The van der Waals surface area contributed by atoms with Crippen molar-refractivity contribution in [2.24, 2.45) is 0 Å². The van der Waals surface area contributed by atoms with Crippen molar-refractivity contribution in [2.75, 3.05) is 32.1 Å². The van der Waals surface area contributed by atoms with Gasteiger partial charge in [-0.1, -0.05) is 13.3 Å². The van der Waals surface area contributed by atoms with Gasteiger partial charge < -0.3 is 14.5 Å². The molecule has 1 unspecified atom stereocenters. The van der Waals surface area contributed by atoms with Gasteiger partial charge in [0.05, 0.1) is 12.3 Å². The minimum atomic E-state index is -0.585. The van der Waals surface area contributed by atoms with Gasteiger partial charge in [-0.25, -0.2) is 14.8 Å². The maximum Gasteiger partial charge on any atom is 0.342 e. The van der Waals surface area contributed by atoms with E-state index in [0.29, 0.717) is 37.6 Å². The van der Waals surface area contributed by atoms with Gasteiger partial charge in [0, 0.05) is 25.7 Å². The van der Waals surface area contributed by atoms with Crippen molar-refractivity contribution in [3.8, 4) is 0 Å². The molecule has 1 saturated heterocycles. The van der Waals surface area contributed by atoms with E-state index in [0.717, 1.165) is 6.42 Å². The van der Waals surface area contributed by atoms with Gasteiger partial charge in [-0.2, -0.15) is 0 Å². The maximum atomic E-state index is 13.2. The molecule has 1 aliphatic heterocycles. The van der Waals surface area contributed by atoms with Crippen LogP contribution in [-0.2, 0) is 16.0 Å². The van der Waals surface area contributed by atoms with Gasteiger partial charge in [0.2, 0.25) is 5.91 Å². The van der Waals surface area contributed by atoms with Crippen LogP contribution in [0.25, 0.3) is 0 Å². The first-order valence-electron chi connectivity index (χ1n) is 9.53. The Morgan fingerprint density at radius 3 is 2.50 bits per heavy atom. The number of aromatic nitrogens is 2. The van der Waals surface area contributed by atoms with Crippen molar-refractivity contribution in [3.05, 3.63) is 22.8 Å². The number of hydrogen-bond donors (Lipinski definition) is 0. The van der Waals surface area contributed by atoms with E-state index in [1.165, 1.54) is 0 Å². The summed E-state index contributed by atoms with van der Waals surface area (Å²) < 4.78 is 5.16. The summed E-state index contributed by atoms with van der Waals surface area (Å²) >= 11 is 5.66. The molecule has 8 nitrogen and oxygen atoms in total. The molecule has 0 aliphatic carbocycles. The Labute approximate surface area is 170 Å². The molecule has 9 heteroatoms. The number of carbonyl (C=O) groups excluding carboxylic acids is 3. The van der Waals surface area contributed by atoms with Gasteiger partial charge in [-0.3, -0.25) is 9.59 Å². The first-order chi connectivity index (χ1) is 13.3. The summed E-state index contributed by atoms with van der Waals surface area (Å²) in [5, 5.41) is 0. The fourth-order valence-corrected chi connectivity index (χ4v) is 3.51. The molecular weight excluding hydrogens is 384 g/mol. The molecule has 0 aromatic carbocycles. The van der Waals surface area contributed by atoms with E-state index in [2.05, 4.69) is 9.97 Å². The summed E-state index contributed by atoms with van der Waals surface area (Å²) in [5.41, 5.74) is 0.741. The second-order valence-corrected chi connectivity index (χ2v) is 7.00. The van der Waals surface area contributed by atoms with Gasteiger partial charge in [0.1, 0.15) is 23.0 Å². The number of hydrogen-bond acceptors (Lipinski definition) is 6. The summed E-state index contributed by atoms with van der Waals surface area (Å²) in [6.07, 6.45) is 1.32. The van der Waals surface area contributed by atoms with Gasteiger partial charge in [0.15, 0.2) is 0 Å². The minimum absolute atomic E-state index is 0.0683. The van der Waals surface area contributed by atoms with Crippen LogP contribution >= 0.6 is 11.6 Å². The maximum absolute atomic E-state index is 13.2. The number of ether oxygens (including phenoxy) is 1. The number of rotatable bonds is 6. The van der Waals surface area contributed by atoms with E-state index in [-0.39, 0.29) is 41.6 Å². The Morgan fingerprint density at radius 1 is 1.21 bits per heavy atom. The molecule has 0 bridgehead atoms. The molecule has 28 heavy (non-hydrogen) atoms. The monoisotopic (exact) mass is 410 g/mol. The lowest BCUT2D eigenvalue weighted by molar-refractivity contribution is -0.132. The van der Waals surface area contributed by atoms with E-state index in [9.17, 15) is 14.4 Å². The average Bonchev–Trinajstić information content (AvgIpc) is 2.66. The van der Waals surface area contributed by atoms with E-state index >= 15 is 0 Å². The van der Waals surface area contributed by atoms with Gasteiger partial charge in [0.25, 0.3) is 5.91 Å². The molecule has 2 rings (SSSR count). The third-order valence-corrected chi connectivity index (χ3v) is 4.84. The molecule has 0 radical (unpaired) electrons. The van der Waals surface area contributed by atoms with Crippen LogP contribution in [0.3, 0.4) is 0 Å². The van der Waals surface area contributed by atoms with Gasteiger partial charge >= 0.3 is 5.97 Å². The Balaban J connectivity index is 2.37. The first kappa shape index (κ1) is 22.1. The number of halogens is 1. The highest BCUT2D eigenvalue weighted by Gasteiger charge is 2.33. The molecule has 154 valence electrons. The lowest BCUT2D eigenvalue weighted by atomic mass is 10.1. The Kier molecular flexibility index (Phi) is 7.74. The number of aryl methyl sites for hydroxylation is 2. The first-order valence-corrected chi connectivity index (χ1v) is 10.1. The molecule has 1 fully saturated rings. The zero-order chi connectivity index (χ0) is 20.8. The number of esters is 1. The largest absolute Gasteiger partial charge is 0.462 e. The van der Waals surface area contributed by atoms with Crippen LogP contribution in [0.1, 0.15) is 59.6 Å². The summed E-state index contributed by atoms with van der Waals surface area (Å²) in [4.78, 5) is 49.6. The number of nitrogens with zero attached hydrogens (tertiary/aromatic N) is 4. The number of carbonyl (C=O) groups is 3. The summed E-state index contributed by atoms with van der Waals surface area (Å²) in [6, 6.07) is -0.173. The Morgan fingerprint density at radius 2 is 1.93 bits per heavy atom. The molecule has 0 N–H and O–H groups in total. The van der Waals surface area contributed by atoms with Crippen molar-refractivity contribution >= 4 is 29.4 Å².